The molecule has 0 bridgehead atoms. The Labute approximate surface area is 175 Å². The number of rotatable bonds is 5. The Morgan fingerprint density at radius 3 is 2.21 bits per heavy atom. The maximum absolute atomic E-state index is 12.7. The monoisotopic (exact) mass is 400 g/mol. The second-order valence-electron chi connectivity index (χ2n) is 9.09. The summed E-state index contributed by atoms with van der Waals surface area (Å²) in [5, 5.41) is 3.01. The normalized spacial score (nSPS) is 24.9. The predicted octanol–water partition coefficient (Wildman–Crippen LogP) is 2.44. The lowest BCUT2D eigenvalue weighted by Crippen LogP contribution is -2.55. The van der Waals surface area contributed by atoms with Crippen molar-refractivity contribution in [3.05, 3.63) is 29.8 Å². The van der Waals surface area contributed by atoms with Crippen molar-refractivity contribution in [1.29, 1.82) is 0 Å². The third kappa shape index (κ3) is 6.03. The minimum absolute atomic E-state index is 0.0228. The number of piperidine rings is 1. The molecule has 2 aliphatic heterocycles. The van der Waals surface area contributed by atoms with Crippen molar-refractivity contribution in [2.24, 2.45) is 11.8 Å². The van der Waals surface area contributed by atoms with Gasteiger partial charge in [0.05, 0.1) is 12.6 Å². The van der Waals surface area contributed by atoms with Crippen molar-refractivity contribution in [3.8, 4) is 0 Å². The lowest BCUT2D eigenvalue weighted by Gasteiger charge is -2.39. The van der Waals surface area contributed by atoms with E-state index in [9.17, 15) is 9.59 Å². The number of carbonyl (C=O) groups is 2. The Morgan fingerprint density at radius 1 is 1.03 bits per heavy atom. The quantitative estimate of drug-likeness (QED) is 0.825. The minimum Gasteiger partial charge on any atom is -0.341 e. The van der Waals surface area contributed by atoms with E-state index in [0.29, 0.717) is 18.4 Å². The predicted molar refractivity (Wildman–Crippen MR) is 117 cm³/mol. The van der Waals surface area contributed by atoms with Gasteiger partial charge in [0.1, 0.15) is 0 Å². The smallest absolute Gasteiger partial charge is 0.241 e. The van der Waals surface area contributed by atoms with Crippen LogP contribution in [0.3, 0.4) is 0 Å². The molecule has 2 fully saturated rings. The number of hydrogen-bond donors (Lipinski definition) is 1. The van der Waals surface area contributed by atoms with Gasteiger partial charge in [0.2, 0.25) is 11.8 Å². The van der Waals surface area contributed by atoms with Crippen LogP contribution >= 0.6 is 0 Å². The van der Waals surface area contributed by atoms with Crippen LogP contribution in [0.2, 0.25) is 0 Å². The van der Waals surface area contributed by atoms with Crippen LogP contribution in [0.25, 0.3) is 0 Å². The molecule has 6 heteroatoms. The standard InChI is InChI=1S/C23H36N4O2/c1-17-5-7-21(8-6-17)24-23(29)20(4)26-11-9-25(10-12-26)16-22(28)27-14-18(2)13-19(3)15-27/h5-8,18-20H,9-16H2,1-4H3,(H,24,29)/t18-,19-,20-/m0/s1. The molecule has 0 radical (unpaired) electrons. The zero-order valence-electron chi connectivity index (χ0n) is 18.4. The highest BCUT2D eigenvalue weighted by Crippen LogP contribution is 2.21. The lowest BCUT2D eigenvalue weighted by atomic mass is 9.92. The molecule has 6 nitrogen and oxygen atoms in total. The van der Waals surface area contributed by atoms with Gasteiger partial charge in [0.15, 0.2) is 0 Å². The summed E-state index contributed by atoms with van der Waals surface area (Å²) < 4.78 is 0. The molecule has 0 aliphatic carbocycles. The van der Waals surface area contributed by atoms with Gasteiger partial charge in [-0.2, -0.15) is 0 Å². The first kappa shape index (κ1) is 21.8. The molecule has 0 saturated carbocycles. The Bertz CT molecular complexity index is 687. The molecule has 0 unspecified atom stereocenters. The zero-order chi connectivity index (χ0) is 21.0. The van der Waals surface area contributed by atoms with E-state index in [0.717, 1.165) is 45.0 Å². The fourth-order valence-electron chi connectivity index (χ4n) is 4.52. The van der Waals surface area contributed by atoms with E-state index >= 15 is 0 Å². The van der Waals surface area contributed by atoms with Crippen LogP contribution in [0.5, 0.6) is 0 Å². The fraction of sp³-hybridized carbons (Fsp3) is 0.652. The topological polar surface area (TPSA) is 55.9 Å². The Balaban J connectivity index is 1.44. The van der Waals surface area contributed by atoms with Crippen LogP contribution in [0, 0.1) is 18.8 Å². The summed E-state index contributed by atoms with van der Waals surface area (Å²) in [7, 11) is 0. The van der Waals surface area contributed by atoms with E-state index in [4.69, 9.17) is 0 Å². The molecule has 3 rings (SSSR count). The average molecular weight is 401 g/mol. The van der Waals surface area contributed by atoms with Crippen LogP contribution in [0.4, 0.5) is 5.69 Å². The van der Waals surface area contributed by atoms with Crippen molar-refractivity contribution >= 4 is 17.5 Å². The molecule has 160 valence electrons. The molecular weight excluding hydrogens is 364 g/mol. The van der Waals surface area contributed by atoms with E-state index in [2.05, 4.69) is 29.0 Å². The summed E-state index contributed by atoms with van der Waals surface area (Å²) in [4.78, 5) is 31.8. The second-order valence-corrected chi connectivity index (χ2v) is 9.09. The van der Waals surface area contributed by atoms with Gasteiger partial charge in [-0.15, -0.1) is 0 Å². The summed E-state index contributed by atoms with van der Waals surface area (Å²) in [6.45, 7) is 14.0. The average Bonchev–Trinajstić information content (AvgIpc) is 2.69. The van der Waals surface area contributed by atoms with Crippen LogP contribution in [0.15, 0.2) is 24.3 Å². The van der Waals surface area contributed by atoms with Crippen molar-refractivity contribution < 1.29 is 9.59 Å². The van der Waals surface area contributed by atoms with Crippen molar-refractivity contribution in [2.75, 3.05) is 51.1 Å². The molecular formula is C23H36N4O2. The van der Waals surface area contributed by atoms with Gasteiger partial charge in [-0.25, -0.2) is 0 Å². The van der Waals surface area contributed by atoms with Gasteiger partial charge in [-0.1, -0.05) is 31.5 Å². The van der Waals surface area contributed by atoms with Crippen molar-refractivity contribution in [1.82, 2.24) is 14.7 Å². The number of carbonyl (C=O) groups excluding carboxylic acids is 2. The number of benzene rings is 1. The third-order valence-corrected chi connectivity index (χ3v) is 6.23. The number of amides is 2. The van der Waals surface area contributed by atoms with E-state index in [-0.39, 0.29) is 17.9 Å². The molecule has 0 spiro atoms. The number of anilines is 1. The van der Waals surface area contributed by atoms with E-state index < -0.39 is 0 Å². The number of aryl methyl sites for hydroxylation is 1. The molecule has 2 amide bonds. The van der Waals surface area contributed by atoms with Gasteiger partial charge in [-0.3, -0.25) is 19.4 Å². The number of piperazine rings is 1. The zero-order valence-corrected chi connectivity index (χ0v) is 18.4. The molecule has 2 aliphatic rings. The molecule has 1 aromatic rings. The van der Waals surface area contributed by atoms with Crippen LogP contribution in [-0.2, 0) is 9.59 Å². The number of nitrogens with zero attached hydrogens (tertiary/aromatic N) is 3. The summed E-state index contributed by atoms with van der Waals surface area (Å²) in [6.07, 6.45) is 1.21. The molecule has 1 N–H and O–H groups in total. The van der Waals surface area contributed by atoms with Crippen LogP contribution < -0.4 is 5.32 Å². The summed E-state index contributed by atoms with van der Waals surface area (Å²) >= 11 is 0. The van der Waals surface area contributed by atoms with Gasteiger partial charge in [0.25, 0.3) is 0 Å². The first-order valence-electron chi connectivity index (χ1n) is 10.9. The third-order valence-electron chi connectivity index (χ3n) is 6.23. The highest BCUT2D eigenvalue weighted by Gasteiger charge is 2.29. The fourth-order valence-corrected chi connectivity index (χ4v) is 4.52. The van der Waals surface area contributed by atoms with Gasteiger partial charge in [-0.05, 0) is 44.2 Å². The minimum atomic E-state index is -0.182. The van der Waals surface area contributed by atoms with Crippen LogP contribution in [-0.4, -0.2) is 78.4 Å². The Morgan fingerprint density at radius 2 is 1.62 bits per heavy atom. The van der Waals surface area contributed by atoms with Gasteiger partial charge >= 0.3 is 0 Å². The summed E-state index contributed by atoms with van der Waals surface area (Å²) in [5.41, 5.74) is 2.01. The van der Waals surface area contributed by atoms with Gasteiger partial charge < -0.3 is 10.2 Å². The number of hydrogen-bond acceptors (Lipinski definition) is 4. The largest absolute Gasteiger partial charge is 0.341 e. The molecule has 29 heavy (non-hydrogen) atoms. The lowest BCUT2D eigenvalue weighted by molar-refractivity contribution is -0.136. The maximum Gasteiger partial charge on any atom is 0.241 e. The van der Waals surface area contributed by atoms with E-state index in [1.807, 2.05) is 43.0 Å². The van der Waals surface area contributed by atoms with E-state index in [1.165, 1.54) is 12.0 Å². The summed E-state index contributed by atoms with van der Waals surface area (Å²) in [6, 6.07) is 7.69. The second kappa shape index (κ2) is 9.72. The van der Waals surface area contributed by atoms with E-state index in [1.54, 1.807) is 0 Å². The van der Waals surface area contributed by atoms with Crippen molar-refractivity contribution in [3.63, 3.8) is 0 Å². The highest BCUT2D eigenvalue weighted by molar-refractivity contribution is 5.94. The first-order valence-corrected chi connectivity index (χ1v) is 10.9. The molecule has 2 heterocycles. The molecule has 0 aromatic heterocycles. The van der Waals surface area contributed by atoms with Crippen LogP contribution in [0.1, 0.15) is 32.8 Å². The number of likely N-dealkylation sites (tertiary alicyclic amines) is 1. The highest BCUT2D eigenvalue weighted by atomic mass is 16.2. The SMILES string of the molecule is Cc1ccc(NC(=O)[C@H](C)N2CCN(CC(=O)N3C[C@@H](C)C[C@H](C)C3)CC2)cc1. The van der Waals surface area contributed by atoms with Crippen molar-refractivity contribution in [2.45, 2.75) is 40.2 Å². The first-order chi connectivity index (χ1) is 13.8. The Hall–Kier alpha value is -1.92. The molecule has 1 aromatic carbocycles. The molecule has 2 saturated heterocycles. The van der Waals surface area contributed by atoms with Gasteiger partial charge in [0, 0.05) is 45.0 Å². The number of nitrogens with one attached hydrogen (secondary N) is 1. The Kier molecular flexibility index (Phi) is 7.30. The maximum atomic E-state index is 12.7. The summed E-state index contributed by atoms with van der Waals surface area (Å²) in [5.74, 6) is 1.46. The molecule has 3 atom stereocenters.